The first kappa shape index (κ1) is 15.2. The molecule has 0 bridgehead atoms. The van der Waals surface area contributed by atoms with Crippen LogP contribution in [0, 0.1) is 11.8 Å². The van der Waals surface area contributed by atoms with Crippen molar-refractivity contribution in [2.45, 2.75) is 52.0 Å². The van der Waals surface area contributed by atoms with Crippen molar-refractivity contribution in [2.24, 2.45) is 11.8 Å². The summed E-state index contributed by atoms with van der Waals surface area (Å²) in [6, 6.07) is 0. The summed E-state index contributed by atoms with van der Waals surface area (Å²) in [4.78, 5) is 12.2. The molecule has 1 N–H and O–H groups in total. The summed E-state index contributed by atoms with van der Waals surface area (Å²) in [5.41, 5.74) is -0.477. The van der Waals surface area contributed by atoms with Crippen LogP contribution < -0.4 is 5.32 Å². The highest BCUT2D eigenvalue weighted by molar-refractivity contribution is 5.81. The fourth-order valence-corrected chi connectivity index (χ4v) is 2.79. The van der Waals surface area contributed by atoms with Gasteiger partial charge in [0.05, 0.1) is 6.61 Å². The Bertz CT molecular complexity index is 278. The molecule has 0 unspecified atom stereocenters. The van der Waals surface area contributed by atoms with Gasteiger partial charge in [0, 0.05) is 6.54 Å². The maximum atomic E-state index is 12.2. The van der Waals surface area contributed by atoms with Crippen LogP contribution in [0.2, 0.25) is 0 Å². The highest BCUT2D eigenvalue weighted by Gasteiger charge is 2.42. The average Bonchev–Trinajstić information content (AvgIpc) is 2.37. The molecule has 0 aromatic carbocycles. The Kier molecular flexibility index (Phi) is 5.86. The van der Waals surface area contributed by atoms with E-state index in [-0.39, 0.29) is 5.97 Å². The van der Waals surface area contributed by atoms with Crippen molar-refractivity contribution < 1.29 is 9.53 Å². The lowest BCUT2D eigenvalue weighted by Crippen LogP contribution is -2.55. The van der Waals surface area contributed by atoms with Gasteiger partial charge >= 0.3 is 5.97 Å². The summed E-state index contributed by atoms with van der Waals surface area (Å²) in [5.74, 6) is 1.34. The fraction of sp³-hybridized carbons (Fsp3) is 0.800. The summed E-state index contributed by atoms with van der Waals surface area (Å²) < 4.78 is 5.24. The molecular weight excluding hydrogens is 226 g/mol. The standard InChI is InChI=1S/C15H27NO2/c1-5-11-16-15(14(17)18-6-2)9-7-13(8-10-15)12(3)4/h5,12-13,16H,1,6-11H2,2-4H3. The van der Waals surface area contributed by atoms with Gasteiger partial charge in [-0.25, -0.2) is 0 Å². The van der Waals surface area contributed by atoms with Gasteiger partial charge in [-0.05, 0) is 44.4 Å². The molecule has 104 valence electrons. The molecule has 0 aromatic rings. The smallest absolute Gasteiger partial charge is 0.326 e. The van der Waals surface area contributed by atoms with Crippen LogP contribution in [-0.2, 0) is 9.53 Å². The molecule has 1 aliphatic rings. The highest BCUT2D eigenvalue weighted by Crippen LogP contribution is 2.36. The van der Waals surface area contributed by atoms with Gasteiger partial charge in [0.1, 0.15) is 5.54 Å². The topological polar surface area (TPSA) is 38.3 Å². The van der Waals surface area contributed by atoms with Gasteiger partial charge in [0.15, 0.2) is 0 Å². The van der Waals surface area contributed by atoms with Crippen LogP contribution in [0.4, 0.5) is 0 Å². The monoisotopic (exact) mass is 253 g/mol. The third-order valence-electron chi connectivity index (χ3n) is 4.08. The number of carbonyl (C=O) groups is 1. The van der Waals surface area contributed by atoms with Gasteiger partial charge in [-0.1, -0.05) is 19.9 Å². The van der Waals surface area contributed by atoms with Gasteiger partial charge in [0.25, 0.3) is 0 Å². The second-order valence-electron chi connectivity index (χ2n) is 5.55. The van der Waals surface area contributed by atoms with E-state index in [1.54, 1.807) is 6.08 Å². The van der Waals surface area contributed by atoms with E-state index in [9.17, 15) is 4.79 Å². The summed E-state index contributed by atoms with van der Waals surface area (Å²) in [6.45, 7) is 11.2. The number of nitrogens with one attached hydrogen (secondary N) is 1. The Labute approximate surface area is 111 Å². The van der Waals surface area contributed by atoms with Gasteiger partial charge in [0.2, 0.25) is 0 Å². The molecule has 0 saturated heterocycles. The molecular formula is C15H27NO2. The van der Waals surface area contributed by atoms with Crippen molar-refractivity contribution in [2.75, 3.05) is 13.2 Å². The molecule has 0 aromatic heterocycles. The minimum absolute atomic E-state index is 0.0888. The lowest BCUT2D eigenvalue weighted by atomic mass is 9.72. The van der Waals surface area contributed by atoms with E-state index in [2.05, 4.69) is 25.7 Å². The first-order valence-corrected chi connectivity index (χ1v) is 7.09. The number of hydrogen-bond donors (Lipinski definition) is 1. The van der Waals surface area contributed by atoms with E-state index >= 15 is 0 Å². The number of rotatable bonds is 6. The Morgan fingerprint density at radius 2 is 2.11 bits per heavy atom. The van der Waals surface area contributed by atoms with Crippen molar-refractivity contribution in [3.63, 3.8) is 0 Å². The molecule has 0 radical (unpaired) electrons. The minimum atomic E-state index is -0.477. The average molecular weight is 253 g/mol. The summed E-state index contributed by atoms with van der Waals surface area (Å²) in [6.07, 6.45) is 5.75. The largest absolute Gasteiger partial charge is 0.465 e. The maximum absolute atomic E-state index is 12.2. The SMILES string of the molecule is C=CCNC1(C(=O)OCC)CCC(C(C)C)CC1. The molecule has 3 heteroatoms. The molecule has 0 aliphatic heterocycles. The van der Waals surface area contributed by atoms with E-state index in [1.807, 2.05) is 6.92 Å². The number of hydrogen-bond acceptors (Lipinski definition) is 3. The Morgan fingerprint density at radius 3 is 2.56 bits per heavy atom. The number of ether oxygens (including phenoxy) is 1. The van der Waals surface area contributed by atoms with Gasteiger partial charge in [-0.15, -0.1) is 6.58 Å². The molecule has 18 heavy (non-hydrogen) atoms. The van der Waals surface area contributed by atoms with Crippen molar-refractivity contribution in [3.8, 4) is 0 Å². The van der Waals surface area contributed by atoms with E-state index in [1.165, 1.54) is 0 Å². The minimum Gasteiger partial charge on any atom is -0.465 e. The van der Waals surface area contributed by atoms with Crippen LogP contribution in [0.15, 0.2) is 12.7 Å². The fourth-order valence-electron chi connectivity index (χ4n) is 2.79. The number of carbonyl (C=O) groups excluding carboxylic acids is 1. The molecule has 3 nitrogen and oxygen atoms in total. The summed E-state index contributed by atoms with van der Waals surface area (Å²) in [5, 5.41) is 3.34. The van der Waals surface area contributed by atoms with E-state index in [4.69, 9.17) is 4.74 Å². The van der Waals surface area contributed by atoms with Crippen molar-refractivity contribution in [1.29, 1.82) is 0 Å². The van der Waals surface area contributed by atoms with Crippen LogP contribution >= 0.6 is 0 Å². The van der Waals surface area contributed by atoms with Crippen molar-refractivity contribution in [1.82, 2.24) is 5.32 Å². The van der Waals surface area contributed by atoms with Crippen LogP contribution in [0.1, 0.15) is 46.5 Å². The Hall–Kier alpha value is -0.830. The second-order valence-corrected chi connectivity index (χ2v) is 5.55. The first-order chi connectivity index (χ1) is 8.55. The molecule has 1 aliphatic carbocycles. The van der Waals surface area contributed by atoms with Crippen molar-refractivity contribution in [3.05, 3.63) is 12.7 Å². The third-order valence-corrected chi connectivity index (χ3v) is 4.08. The van der Waals surface area contributed by atoms with Gasteiger partial charge < -0.3 is 4.74 Å². The van der Waals surface area contributed by atoms with E-state index in [0.717, 1.165) is 31.6 Å². The molecule has 0 amide bonds. The van der Waals surface area contributed by atoms with E-state index < -0.39 is 5.54 Å². The van der Waals surface area contributed by atoms with Gasteiger partial charge in [-0.3, -0.25) is 10.1 Å². The molecule has 1 fully saturated rings. The van der Waals surface area contributed by atoms with Crippen LogP contribution in [0.25, 0.3) is 0 Å². The summed E-state index contributed by atoms with van der Waals surface area (Å²) in [7, 11) is 0. The number of esters is 1. The van der Waals surface area contributed by atoms with Gasteiger partial charge in [-0.2, -0.15) is 0 Å². The van der Waals surface area contributed by atoms with Crippen LogP contribution in [-0.4, -0.2) is 24.7 Å². The van der Waals surface area contributed by atoms with Crippen LogP contribution in [0.3, 0.4) is 0 Å². The zero-order valence-electron chi connectivity index (χ0n) is 12.0. The molecule has 1 rings (SSSR count). The first-order valence-electron chi connectivity index (χ1n) is 7.09. The normalized spacial score (nSPS) is 28.1. The molecule has 0 heterocycles. The third kappa shape index (κ3) is 3.58. The van der Waals surface area contributed by atoms with Crippen molar-refractivity contribution >= 4 is 5.97 Å². The zero-order valence-corrected chi connectivity index (χ0v) is 12.0. The lowest BCUT2D eigenvalue weighted by Gasteiger charge is -2.39. The molecule has 1 saturated carbocycles. The quantitative estimate of drug-likeness (QED) is 0.584. The zero-order chi connectivity index (χ0) is 13.6. The Balaban J connectivity index is 2.69. The predicted octanol–water partition coefficient (Wildman–Crippen LogP) is 2.91. The predicted molar refractivity (Wildman–Crippen MR) is 74.4 cm³/mol. The highest BCUT2D eigenvalue weighted by atomic mass is 16.5. The van der Waals surface area contributed by atoms with E-state index in [0.29, 0.717) is 19.1 Å². The second kappa shape index (κ2) is 6.93. The summed E-state index contributed by atoms with van der Waals surface area (Å²) >= 11 is 0. The molecule has 0 spiro atoms. The molecule has 0 atom stereocenters. The maximum Gasteiger partial charge on any atom is 0.326 e. The lowest BCUT2D eigenvalue weighted by molar-refractivity contribution is -0.153. The van der Waals surface area contributed by atoms with Crippen LogP contribution in [0.5, 0.6) is 0 Å². The Morgan fingerprint density at radius 1 is 1.50 bits per heavy atom.